The Kier molecular flexibility index (Phi) is 3.64. The van der Waals surface area contributed by atoms with E-state index in [9.17, 15) is 0 Å². The zero-order valence-electron chi connectivity index (χ0n) is 17.1. The van der Waals surface area contributed by atoms with Crippen LogP contribution < -0.4 is 14.8 Å². The molecule has 6 rings (SSSR count). The Labute approximate surface area is 176 Å². The third-order valence-corrected chi connectivity index (χ3v) is 6.61. The molecule has 1 heterocycles. The van der Waals surface area contributed by atoms with Gasteiger partial charge >= 0.3 is 0 Å². The lowest BCUT2D eigenvalue weighted by Crippen LogP contribution is -2.24. The van der Waals surface area contributed by atoms with Crippen LogP contribution in [-0.4, -0.2) is 0 Å². The van der Waals surface area contributed by atoms with Crippen LogP contribution in [0.5, 0.6) is 23.0 Å². The van der Waals surface area contributed by atoms with Gasteiger partial charge in [0.2, 0.25) is 0 Å². The van der Waals surface area contributed by atoms with Crippen molar-refractivity contribution in [1.29, 1.82) is 0 Å². The number of rotatable bonds is 2. The van der Waals surface area contributed by atoms with E-state index in [1.54, 1.807) is 0 Å². The first kappa shape index (κ1) is 17.4. The number of benzene rings is 3. The smallest absolute Gasteiger partial charge is 0.193 e. The number of hydrogen-bond donors (Lipinski definition) is 1. The highest BCUT2D eigenvalue weighted by Crippen LogP contribution is 2.54. The number of fused-ring (bicyclic) bond motifs is 5. The van der Waals surface area contributed by atoms with Crippen molar-refractivity contribution in [3.05, 3.63) is 96.1 Å². The Balaban J connectivity index is 1.36. The zero-order valence-corrected chi connectivity index (χ0v) is 17.1. The molecular weight excluding hydrogens is 370 g/mol. The molecule has 0 spiro atoms. The largest absolute Gasteiger partial charge is 0.449 e. The minimum absolute atomic E-state index is 0.0909. The van der Waals surface area contributed by atoms with Crippen molar-refractivity contribution in [2.75, 3.05) is 5.32 Å². The predicted molar refractivity (Wildman–Crippen MR) is 120 cm³/mol. The van der Waals surface area contributed by atoms with Gasteiger partial charge in [0, 0.05) is 11.6 Å². The van der Waals surface area contributed by atoms with E-state index in [1.165, 1.54) is 11.1 Å². The lowest BCUT2D eigenvalue weighted by molar-refractivity contribution is 0.361. The van der Waals surface area contributed by atoms with Crippen LogP contribution in [0.2, 0.25) is 0 Å². The standard InChI is InChI=1S/C27H23NO2/c1-27(2)20-9-4-3-8-18(20)19-15-14-17(16-21(19)27)28-22-10-7-13-25-26(22)30-24-12-6-5-11-23(24)29-25/h3-16,18,20,28H,1-2H3. The van der Waals surface area contributed by atoms with Crippen LogP contribution in [0, 0.1) is 5.92 Å². The van der Waals surface area contributed by atoms with Crippen LogP contribution in [-0.2, 0) is 5.41 Å². The molecule has 2 unspecified atom stereocenters. The maximum Gasteiger partial charge on any atom is 0.193 e. The molecular formula is C27H23NO2. The average molecular weight is 393 g/mol. The molecule has 3 nitrogen and oxygen atoms in total. The summed E-state index contributed by atoms with van der Waals surface area (Å²) in [5.41, 5.74) is 4.89. The van der Waals surface area contributed by atoms with Gasteiger partial charge in [-0.1, -0.05) is 62.4 Å². The SMILES string of the molecule is CC1(C)c2cc(Nc3cccc4c3Oc3ccccc3O4)ccc2C2C=CC=CC21. The van der Waals surface area contributed by atoms with E-state index in [4.69, 9.17) is 9.47 Å². The van der Waals surface area contributed by atoms with Crippen molar-refractivity contribution in [2.24, 2.45) is 5.92 Å². The quantitative estimate of drug-likeness (QED) is 0.384. The second-order valence-corrected chi connectivity index (χ2v) is 8.75. The van der Waals surface area contributed by atoms with Crippen molar-refractivity contribution in [3.63, 3.8) is 0 Å². The number of hydrogen-bond acceptors (Lipinski definition) is 3. The Bertz CT molecular complexity index is 1220. The van der Waals surface area contributed by atoms with Crippen molar-refractivity contribution >= 4 is 11.4 Å². The fraction of sp³-hybridized carbons (Fsp3) is 0.185. The Morgan fingerprint density at radius 3 is 2.43 bits per heavy atom. The summed E-state index contributed by atoms with van der Waals surface area (Å²) in [7, 11) is 0. The summed E-state index contributed by atoms with van der Waals surface area (Å²) in [6.45, 7) is 4.70. The van der Waals surface area contributed by atoms with Crippen LogP contribution in [0.1, 0.15) is 30.9 Å². The van der Waals surface area contributed by atoms with Crippen LogP contribution in [0.25, 0.3) is 0 Å². The Morgan fingerprint density at radius 1 is 0.800 bits per heavy atom. The van der Waals surface area contributed by atoms with E-state index < -0.39 is 0 Å². The van der Waals surface area contributed by atoms with E-state index in [0.717, 1.165) is 34.4 Å². The molecule has 1 N–H and O–H groups in total. The van der Waals surface area contributed by atoms with E-state index in [0.29, 0.717) is 11.8 Å². The van der Waals surface area contributed by atoms with Gasteiger partial charge in [-0.25, -0.2) is 0 Å². The fourth-order valence-corrected chi connectivity index (χ4v) is 5.06. The second-order valence-electron chi connectivity index (χ2n) is 8.75. The third-order valence-electron chi connectivity index (χ3n) is 6.61. The zero-order chi connectivity index (χ0) is 20.3. The molecule has 0 amide bonds. The first-order valence-electron chi connectivity index (χ1n) is 10.5. The monoisotopic (exact) mass is 393 g/mol. The first-order valence-corrected chi connectivity index (χ1v) is 10.5. The summed E-state index contributed by atoms with van der Waals surface area (Å²) >= 11 is 0. The molecule has 0 saturated carbocycles. The van der Waals surface area contributed by atoms with E-state index in [-0.39, 0.29) is 5.41 Å². The summed E-state index contributed by atoms with van der Waals surface area (Å²) in [4.78, 5) is 0. The normalized spacial score (nSPS) is 21.5. The van der Waals surface area contributed by atoms with Gasteiger partial charge < -0.3 is 14.8 Å². The van der Waals surface area contributed by atoms with Gasteiger partial charge in [-0.3, -0.25) is 0 Å². The van der Waals surface area contributed by atoms with Crippen LogP contribution >= 0.6 is 0 Å². The summed E-state index contributed by atoms with van der Waals surface area (Å²) in [6.07, 6.45) is 9.04. The van der Waals surface area contributed by atoms with Gasteiger partial charge in [0.25, 0.3) is 0 Å². The maximum absolute atomic E-state index is 6.19. The van der Waals surface area contributed by atoms with Gasteiger partial charge in [0.05, 0.1) is 5.69 Å². The highest BCUT2D eigenvalue weighted by atomic mass is 16.6. The first-order chi connectivity index (χ1) is 14.6. The number of allylic oxidation sites excluding steroid dienone is 4. The molecule has 148 valence electrons. The summed E-state index contributed by atoms with van der Waals surface area (Å²) in [5.74, 6) is 3.89. The predicted octanol–water partition coefficient (Wildman–Crippen LogP) is 7.45. The van der Waals surface area contributed by atoms with Crippen molar-refractivity contribution in [3.8, 4) is 23.0 Å². The number of para-hydroxylation sites is 3. The van der Waals surface area contributed by atoms with Crippen LogP contribution in [0.15, 0.2) is 85.0 Å². The van der Waals surface area contributed by atoms with Gasteiger partial charge in [-0.2, -0.15) is 0 Å². The molecule has 0 bridgehead atoms. The van der Waals surface area contributed by atoms with Gasteiger partial charge in [-0.15, -0.1) is 0 Å². The molecule has 3 aliphatic rings. The molecule has 0 fully saturated rings. The number of ether oxygens (including phenoxy) is 2. The van der Waals surface area contributed by atoms with Gasteiger partial charge in [0.15, 0.2) is 23.0 Å². The van der Waals surface area contributed by atoms with E-state index in [1.807, 2.05) is 42.5 Å². The molecule has 3 aromatic carbocycles. The van der Waals surface area contributed by atoms with Crippen molar-refractivity contribution < 1.29 is 9.47 Å². The third kappa shape index (κ3) is 2.51. The second kappa shape index (κ2) is 6.27. The molecule has 0 saturated heterocycles. The van der Waals surface area contributed by atoms with Gasteiger partial charge in [0.1, 0.15) is 0 Å². The maximum atomic E-state index is 6.19. The summed E-state index contributed by atoms with van der Waals surface area (Å²) in [6, 6.07) is 20.4. The molecule has 30 heavy (non-hydrogen) atoms. The van der Waals surface area contributed by atoms with E-state index in [2.05, 4.69) is 61.7 Å². The molecule has 2 atom stereocenters. The molecule has 2 aliphatic carbocycles. The van der Waals surface area contributed by atoms with Crippen molar-refractivity contribution in [2.45, 2.75) is 25.2 Å². The highest BCUT2D eigenvalue weighted by Gasteiger charge is 2.44. The minimum atomic E-state index is 0.0909. The molecule has 1 aliphatic heterocycles. The minimum Gasteiger partial charge on any atom is -0.449 e. The highest BCUT2D eigenvalue weighted by molar-refractivity contribution is 5.73. The Morgan fingerprint density at radius 2 is 1.57 bits per heavy atom. The van der Waals surface area contributed by atoms with Crippen molar-refractivity contribution in [1.82, 2.24) is 0 Å². The topological polar surface area (TPSA) is 30.5 Å². The summed E-state index contributed by atoms with van der Waals surface area (Å²) < 4.78 is 12.2. The lowest BCUT2D eigenvalue weighted by atomic mass is 9.74. The average Bonchev–Trinajstić information content (AvgIpc) is 3.00. The van der Waals surface area contributed by atoms with E-state index >= 15 is 0 Å². The van der Waals surface area contributed by atoms with Crippen LogP contribution in [0.3, 0.4) is 0 Å². The fourth-order valence-electron chi connectivity index (χ4n) is 5.06. The molecule has 3 heteroatoms. The number of nitrogens with one attached hydrogen (secondary N) is 1. The lowest BCUT2D eigenvalue weighted by Gasteiger charge is -2.29. The molecule has 3 aromatic rings. The number of anilines is 2. The Hall–Kier alpha value is -3.46. The van der Waals surface area contributed by atoms with Gasteiger partial charge in [-0.05, 0) is 58.9 Å². The van der Waals surface area contributed by atoms with Crippen LogP contribution in [0.4, 0.5) is 11.4 Å². The molecule has 0 radical (unpaired) electrons. The molecule has 0 aromatic heterocycles. The summed E-state index contributed by atoms with van der Waals surface area (Å²) in [5, 5.41) is 3.57.